The number of thioether (sulfide) groups is 1. The highest BCUT2D eigenvalue weighted by Gasteiger charge is 2.17. The number of carbonyl (C=O) groups excluding carboxylic acids is 1. The summed E-state index contributed by atoms with van der Waals surface area (Å²) in [6.45, 7) is 2.15. The van der Waals surface area contributed by atoms with Crippen LogP contribution in [-0.2, 0) is 23.5 Å². The van der Waals surface area contributed by atoms with E-state index in [0.717, 1.165) is 11.1 Å². The molecule has 0 saturated carbocycles. The SMILES string of the molecule is Cc1ccccc1CSc1nnc(CNC(=O)Cc2ccc(F)cc2)n1-c1ccc([N+](=O)[O-])cc1. The van der Waals surface area contributed by atoms with Gasteiger partial charge in [-0.05, 0) is 47.9 Å². The molecule has 0 aliphatic rings. The van der Waals surface area contributed by atoms with Crippen LogP contribution >= 0.6 is 11.8 Å². The molecule has 8 nitrogen and oxygen atoms in total. The van der Waals surface area contributed by atoms with Gasteiger partial charge in [-0.25, -0.2) is 4.39 Å². The fraction of sp³-hybridized carbons (Fsp3) is 0.160. The summed E-state index contributed by atoms with van der Waals surface area (Å²) < 4.78 is 14.9. The van der Waals surface area contributed by atoms with E-state index in [1.54, 1.807) is 28.8 Å². The first-order chi connectivity index (χ1) is 16.9. The van der Waals surface area contributed by atoms with Gasteiger partial charge in [0.15, 0.2) is 11.0 Å². The minimum atomic E-state index is -0.458. The Balaban J connectivity index is 1.54. The van der Waals surface area contributed by atoms with Crippen molar-refractivity contribution in [2.45, 2.75) is 30.8 Å². The molecule has 0 saturated heterocycles. The van der Waals surface area contributed by atoms with E-state index in [1.165, 1.54) is 36.0 Å². The van der Waals surface area contributed by atoms with Crippen molar-refractivity contribution in [2.75, 3.05) is 0 Å². The molecule has 0 fully saturated rings. The number of non-ortho nitro benzene ring substituents is 1. The third kappa shape index (κ3) is 6.10. The molecule has 1 aromatic heterocycles. The Kier molecular flexibility index (Phi) is 7.51. The first-order valence-electron chi connectivity index (χ1n) is 10.8. The summed E-state index contributed by atoms with van der Waals surface area (Å²) in [5.41, 5.74) is 3.63. The van der Waals surface area contributed by atoms with Gasteiger partial charge in [0.25, 0.3) is 5.69 Å². The predicted molar refractivity (Wildman–Crippen MR) is 131 cm³/mol. The van der Waals surface area contributed by atoms with Gasteiger partial charge in [0, 0.05) is 23.6 Å². The normalized spacial score (nSPS) is 10.8. The number of benzene rings is 3. The fourth-order valence-electron chi connectivity index (χ4n) is 3.43. The first kappa shape index (κ1) is 24.1. The van der Waals surface area contributed by atoms with Crippen LogP contribution in [0.4, 0.5) is 10.1 Å². The molecule has 0 bridgehead atoms. The maximum Gasteiger partial charge on any atom is 0.269 e. The zero-order valence-electron chi connectivity index (χ0n) is 18.8. The molecule has 10 heteroatoms. The zero-order valence-corrected chi connectivity index (χ0v) is 19.7. The highest BCUT2D eigenvalue weighted by molar-refractivity contribution is 7.98. The van der Waals surface area contributed by atoms with Crippen LogP contribution in [0.15, 0.2) is 78.0 Å². The van der Waals surface area contributed by atoms with E-state index >= 15 is 0 Å². The lowest BCUT2D eigenvalue weighted by Crippen LogP contribution is -2.26. The molecule has 1 amide bonds. The van der Waals surface area contributed by atoms with Gasteiger partial charge in [-0.3, -0.25) is 19.5 Å². The second kappa shape index (κ2) is 10.9. The molecule has 3 aromatic carbocycles. The second-order valence-corrected chi connectivity index (χ2v) is 8.75. The number of amides is 1. The fourth-order valence-corrected chi connectivity index (χ4v) is 4.48. The van der Waals surface area contributed by atoms with E-state index in [0.29, 0.717) is 28.0 Å². The van der Waals surface area contributed by atoms with Gasteiger partial charge in [-0.15, -0.1) is 10.2 Å². The molecule has 0 spiro atoms. The summed E-state index contributed by atoms with van der Waals surface area (Å²) in [5.74, 6) is 0.540. The average molecular weight is 492 g/mol. The van der Waals surface area contributed by atoms with E-state index in [1.807, 2.05) is 31.2 Å². The molecule has 0 aliphatic heterocycles. The van der Waals surface area contributed by atoms with Crippen molar-refractivity contribution in [2.24, 2.45) is 0 Å². The van der Waals surface area contributed by atoms with Crippen molar-refractivity contribution < 1.29 is 14.1 Å². The summed E-state index contributed by atoms with van der Waals surface area (Å²) in [6, 6.07) is 19.9. The van der Waals surface area contributed by atoms with Gasteiger partial charge in [-0.2, -0.15) is 0 Å². The Labute approximate surface area is 205 Å². The summed E-state index contributed by atoms with van der Waals surface area (Å²) in [5, 5.41) is 23.1. The number of nitro groups is 1. The minimum absolute atomic E-state index is 0.0231. The quantitative estimate of drug-likeness (QED) is 0.205. The maximum absolute atomic E-state index is 13.1. The largest absolute Gasteiger partial charge is 0.348 e. The smallest absolute Gasteiger partial charge is 0.269 e. The molecule has 0 radical (unpaired) electrons. The van der Waals surface area contributed by atoms with E-state index in [9.17, 15) is 19.3 Å². The number of nitro benzene ring substituents is 1. The van der Waals surface area contributed by atoms with Crippen LogP contribution in [0.1, 0.15) is 22.5 Å². The van der Waals surface area contributed by atoms with E-state index < -0.39 is 4.92 Å². The predicted octanol–water partition coefficient (Wildman–Crippen LogP) is 4.77. The van der Waals surface area contributed by atoms with Crippen LogP contribution in [0.3, 0.4) is 0 Å². The third-order valence-electron chi connectivity index (χ3n) is 5.36. The lowest BCUT2D eigenvalue weighted by Gasteiger charge is -2.11. The Morgan fingerprint density at radius 1 is 1.06 bits per heavy atom. The number of hydrogen-bond acceptors (Lipinski definition) is 6. The number of rotatable bonds is 9. The summed E-state index contributed by atoms with van der Waals surface area (Å²) in [7, 11) is 0. The van der Waals surface area contributed by atoms with Gasteiger partial charge in [0.05, 0.1) is 17.9 Å². The molecule has 178 valence electrons. The standard InChI is InChI=1S/C25H22FN5O3S/c1-17-4-2-3-5-19(17)16-35-25-29-28-23(30(25)21-10-12-22(13-11-21)31(33)34)15-27-24(32)14-18-6-8-20(26)9-7-18/h2-13H,14-16H2,1H3,(H,27,32). The number of aromatic nitrogens is 3. The number of halogens is 1. The Morgan fingerprint density at radius 2 is 1.77 bits per heavy atom. The molecule has 1 heterocycles. The van der Waals surface area contributed by atoms with Crippen molar-refractivity contribution in [1.29, 1.82) is 0 Å². The summed E-state index contributed by atoms with van der Waals surface area (Å²) >= 11 is 1.49. The van der Waals surface area contributed by atoms with E-state index in [2.05, 4.69) is 15.5 Å². The molecule has 0 unspecified atom stereocenters. The second-order valence-electron chi connectivity index (χ2n) is 7.80. The zero-order chi connectivity index (χ0) is 24.8. The Morgan fingerprint density at radius 3 is 2.46 bits per heavy atom. The molecule has 1 N–H and O–H groups in total. The van der Waals surface area contributed by atoms with Crippen molar-refractivity contribution in [1.82, 2.24) is 20.1 Å². The van der Waals surface area contributed by atoms with Crippen LogP contribution in [0.25, 0.3) is 5.69 Å². The van der Waals surface area contributed by atoms with Crippen LogP contribution in [0.2, 0.25) is 0 Å². The molecule has 0 atom stereocenters. The van der Waals surface area contributed by atoms with Crippen LogP contribution in [0.5, 0.6) is 0 Å². The molecule has 0 aliphatic carbocycles. The van der Waals surface area contributed by atoms with Crippen LogP contribution < -0.4 is 5.32 Å². The Hall–Kier alpha value is -4.05. The maximum atomic E-state index is 13.1. The van der Waals surface area contributed by atoms with Crippen molar-refractivity contribution in [3.05, 3.63) is 111 Å². The van der Waals surface area contributed by atoms with E-state index in [4.69, 9.17) is 0 Å². The van der Waals surface area contributed by atoms with Gasteiger partial charge in [-0.1, -0.05) is 48.2 Å². The molecule has 4 rings (SSSR count). The number of aryl methyl sites for hydroxylation is 1. The van der Waals surface area contributed by atoms with Crippen molar-refractivity contribution in [3.63, 3.8) is 0 Å². The van der Waals surface area contributed by atoms with Crippen molar-refractivity contribution >= 4 is 23.4 Å². The van der Waals surface area contributed by atoms with Crippen LogP contribution in [-0.4, -0.2) is 25.6 Å². The topological polar surface area (TPSA) is 103 Å². The van der Waals surface area contributed by atoms with E-state index in [-0.39, 0.29) is 30.4 Å². The van der Waals surface area contributed by atoms with Gasteiger partial charge in [0.1, 0.15) is 5.82 Å². The van der Waals surface area contributed by atoms with Crippen molar-refractivity contribution in [3.8, 4) is 5.69 Å². The van der Waals surface area contributed by atoms with Crippen LogP contribution in [0, 0.1) is 22.9 Å². The number of nitrogens with zero attached hydrogens (tertiary/aromatic N) is 4. The van der Waals surface area contributed by atoms with Gasteiger partial charge >= 0.3 is 0 Å². The van der Waals surface area contributed by atoms with Gasteiger partial charge < -0.3 is 5.32 Å². The summed E-state index contributed by atoms with van der Waals surface area (Å²) in [6.07, 6.45) is 0.0981. The number of carbonyl (C=O) groups is 1. The lowest BCUT2D eigenvalue weighted by atomic mass is 10.1. The molecule has 35 heavy (non-hydrogen) atoms. The van der Waals surface area contributed by atoms with Gasteiger partial charge in [0.2, 0.25) is 5.91 Å². The summed E-state index contributed by atoms with van der Waals surface area (Å²) in [4.78, 5) is 23.1. The third-order valence-corrected chi connectivity index (χ3v) is 6.34. The lowest BCUT2D eigenvalue weighted by molar-refractivity contribution is -0.384. The number of hydrogen-bond donors (Lipinski definition) is 1. The number of nitrogens with one attached hydrogen (secondary N) is 1. The first-order valence-corrected chi connectivity index (χ1v) is 11.8. The molecular formula is C25H22FN5O3S. The monoisotopic (exact) mass is 491 g/mol. The minimum Gasteiger partial charge on any atom is -0.348 e. The molecule has 4 aromatic rings. The highest BCUT2D eigenvalue weighted by Crippen LogP contribution is 2.27. The highest BCUT2D eigenvalue weighted by atomic mass is 32.2. The Bertz CT molecular complexity index is 1340. The average Bonchev–Trinajstić information content (AvgIpc) is 3.26. The molecular weight excluding hydrogens is 469 g/mol.